The molecule has 2 heterocycles. The predicted molar refractivity (Wildman–Crippen MR) is 107 cm³/mol. The number of rotatable bonds is 4. The van der Waals surface area contributed by atoms with Crippen molar-refractivity contribution in [3.8, 4) is 5.69 Å². The second-order valence-corrected chi connectivity index (χ2v) is 6.74. The lowest BCUT2D eigenvalue weighted by atomic mass is 10.0. The van der Waals surface area contributed by atoms with Gasteiger partial charge < -0.3 is 10.2 Å². The van der Waals surface area contributed by atoms with Crippen LogP contribution in [0.4, 0.5) is 10.1 Å². The zero-order chi connectivity index (χ0) is 20.5. The molecule has 1 aliphatic rings. The first-order valence-corrected chi connectivity index (χ1v) is 9.10. The molecule has 0 radical (unpaired) electrons. The minimum Gasteiger partial charge on any atom is -0.382 e. The summed E-state index contributed by atoms with van der Waals surface area (Å²) in [6.45, 7) is 1.74. The van der Waals surface area contributed by atoms with Crippen LogP contribution in [0.5, 0.6) is 0 Å². The number of anilines is 1. The van der Waals surface area contributed by atoms with Gasteiger partial charge in [0.1, 0.15) is 11.5 Å². The number of amides is 1. The number of halogens is 1. The van der Waals surface area contributed by atoms with Gasteiger partial charge in [-0.3, -0.25) is 14.3 Å². The summed E-state index contributed by atoms with van der Waals surface area (Å²) in [6.07, 6.45) is -0.820. The fraction of sp³-hybridized carbons (Fsp3) is 0.190. The molecule has 7 nitrogen and oxygen atoms in total. The molecule has 1 aromatic heterocycles. The van der Waals surface area contributed by atoms with Crippen molar-refractivity contribution in [1.29, 1.82) is 0 Å². The van der Waals surface area contributed by atoms with Gasteiger partial charge in [-0.25, -0.2) is 9.07 Å². The fourth-order valence-electron chi connectivity index (χ4n) is 3.29. The number of benzene rings is 2. The van der Waals surface area contributed by atoms with Gasteiger partial charge in [-0.1, -0.05) is 41.6 Å². The molecule has 1 N–H and O–H groups in total. The van der Waals surface area contributed by atoms with Gasteiger partial charge in [-0.05, 0) is 25.1 Å². The van der Waals surface area contributed by atoms with Crippen molar-refractivity contribution < 1.29 is 14.0 Å². The van der Waals surface area contributed by atoms with Crippen LogP contribution in [0.3, 0.4) is 0 Å². The van der Waals surface area contributed by atoms with Gasteiger partial charge in [0.15, 0.2) is 0 Å². The van der Waals surface area contributed by atoms with Crippen LogP contribution in [0, 0.1) is 12.7 Å². The summed E-state index contributed by atoms with van der Waals surface area (Å²) in [5.74, 6) is -0.938. The molecule has 8 heteroatoms. The van der Waals surface area contributed by atoms with Crippen molar-refractivity contribution in [2.45, 2.75) is 19.4 Å². The van der Waals surface area contributed by atoms with Crippen LogP contribution in [0.25, 0.3) is 5.69 Å². The standard InChI is InChI=1S/C21H19FN4O3/c1-13-19(21(28)26(25(13)2)14-8-4-3-5-9-14)23-20(27)18-12-17(24-29-18)15-10-6-7-11-16(15)22/h3-11,18H,12H2,1-2H3,(H,23,27)/t18-/m1/s1. The molecular formula is C21H19FN4O3. The molecule has 148 valence electrons. The highest BCUT2D eigenvalue weighted by molar-refractivity contribution is 6.06. The first kappa shape index (κ1) is 18.7. The molecular weight excluding hydrogens is 375 g/mol. The number of para-hydroxylation sites is 1. The summed E-state index contributed by atoms with van der Waals surface area (Å²) in [4.78, 5) is 30.8. The fourth-order valence-corrected chi connectivity index (χ4v) is 3.29. The number of carbonyl (C=O) groups excluding carboxylic acids is 1. The Labute approximate surface area is 166 Å². The van der Waals surface area contributed by atoms with Crippen molar-refractivity contribution in [2.24, 2.45) is 12.2 Å². The third-order valence-corrected chi connectivity index (χ3v) is 4.95. The molecule has 0 spiro atoms. The summed E-state index contributed by atoms with van der Waals surface area (Å²) in [7, 11) is 1.74. The van der Waals surface area contributed by atoms with E-state index in [0.29, 0.717) is 22.7 Å². The Morgan fingerprint density at radius 3 is 2.59 bits per heavy atom. The van der Waals surface area contributed by atoms with Crippen LogP contribution in [-0.2, 0) is 16.7 Å². The number of nitrogens with one attached hydrogen (secondary N) is 1. The van der Waals surface area contributed by atoms with Gasteiger partial charge in [-0.15, -0.1) is 0 Å². The molecule has 3 aromatic rings. The van der Waals surface area contributed by atoms with E-state index in [9.17, 15) is 14.0 Å². The van der Waals surface area contributed by atoms with Gasteiger partial charge in [0.05, 0.1) is 17.1 Å². The van der Waals surface area contributed by atoms with E-state index in [0.717, 1.165) is 0 Å². The van der Waals surface area contributed by atoms with Crippen molar-refractivity contribution in [1.82, 2.24) is 9.36 Å². The Morgan fingerprint density at radius 2 is 1.86 bits per heavy atom. The van der Waals surface area contributed by atoms with E-state index in [1.165, 1.54) is 10.7 Å². The molecule has 1 atom stereocenters. The zero-order valence-electron chi connectivity index (χ0n) is 15.9. The van der Waals surface area contributed by atoms with E-state index in [1.807, 2.05) is 18.2 Å². The van der Waals surface area contributed by atoms with Crippen LogP contribution in [0.1, 0.15) is 17.7 Å². The second-order valence-electron chi connectivity index (χ2n) is 6.74. The molecule has 0 saturated carbocycles. The van der Waals surface area contributed by atoms with Crippen molar-refractivity contribution in [3.63, 3.8) is 0 Å². The quantitative estimate of drug-likeness (QED) is 0.739. The molecule has 0 fully saturated rings. The average Bonchev–Trinajstić information content (AvgIpc) is 3.29. The third kappa shape index (κ3) is 3.33. The first-order chi connectivity index (χ1) is 14.0. The molecule has 0 unspecified atom stereocenters. The average molecular weight is 394 g/mol. The van der Waals surface area contributed by atoms with Crippen LogP contribution in [0.15, 0.2) is 64.5 Å². The van der Waals surface area contributed by atoms with E-state index in [4.69, 9.17) is 4.84 Å². The van der Waals surface area contributed by atoms with Crippen molar-refractivity contribution in [2.75, 3.05) is 5.32 Å². The number of hydrogen-bond donors (Lipinski definition) is 1. The Morgan fingerprint density at radius 1 is 1.17 bits per heavy atom. The minimum absolute atomic E-state index is 0.117. The predicted octanol–water partition coefficient (Wildman–Crippen LogP) is 2.76. The summed E-state index contributed by atoms with van der Waals surface area (Å²) in [5.41, 5.74) is 1.76. The lowest BCUT2D eigenvalue weighted by Gasteiger charge is -2.08. The maximum absolute atomic E-state index is 13.9. The smallest absolute Gasteiger partial charge is 0.295 e. The van der Waals surface area contributed by atoms with Gasteiger partial charge in [0.2, 0.25) is 6.10 Å². The topological polar surface area (TPSA) is 77.6 Å². The number of carbonyl (C=O) groups is 1. The number of hydrogen-bond acceptors (Lipinski definition) is 4. The molecule has 0 bridgehead atoms. The van der Waals surface area contributed by atoms with Gasteiger partial charge in [-0.2, -0.15) is 0 Å². The highest BCUT2D eigenvalue weighted by atomic mass is 19.1. The lowest BCUT2D eigenvalue weighted by molar-refractivity contribution is -0.125. The molecule has 29 heavy (non-hydrogen) atoms. The van der Waals surface area contributed by atoms with Crippen LogP contribution in [0.2, 0.25) is 0 Å². The maximum Gasteiger partial charge on any atom is 0.295 e. The zero-order valence-corrected chi connectivity index (χ0v) is 15.9. The van der Waals surface area contributed by atoms with Crippen LogP contribution < -0.4 is 10.9 Å². The Kier molecular flexibility index (Phi) is 4.75. The third-order valence-electron chi connectivity index (χ3n) is 4.95. The molecule has 1 aliphatic heterocycles. The molecule has 1 amide bonds. The molecule has 0 saturated heterocycles. The Bertz CT molecular complexity index is 1160. The van der Waals surface area contributed by atoms with Crippen LogP contribution >= 0.6 is 0 Å². The summed E-state index contributed by atoms with van der Waals surface area (Å²) >= 11 is 0. The number of nitrogens with zero attached hydrogens (tertiary/aromatic N) is 3. The largest absolute Gasteiger partial charge is 0.382 e. The van der Waals surface area contributed by atoms with E-state index in [-0.39, 0.29) is 17.7 Å². The Balaban J connectivity index is 1.55. The Hall–Kier alpha value is -3.68. The normalized spacial score (nSPS) is 15.7. The lowest BCUT2D eigenvalue weighted by Crippen LogP contribution is -2.30. The van der Waals surface area contributed by atoms with E-state index >= 15 is 0 Å². The summed E-state index contributed by atoms with van der Waals surface area (Å²) in [6, 6.07) is 15.3. The molecule has 4 rings (SSSR count). The maximum atomic E-state index is 13.9. The van der Waals surface area contributed by atoms with E-state index < -0.39 is 17.8 Å². The van der Waals surface area contributed by atoms with E-state index in [1.54, 1.807) is 49.0 Å². The van der Waals surface area contributed by atoms with Gasteiger partial charge in [0.25, 0.3) is 11.5 Å². The van der Waals surface area contributed by atoms with Crippen LogP contribution in [-0.4, -0.2) is 27.1 Å². The first-order valence-electron chi connectivity index (χ1n) is 9.10. The SMILES string of the molecule is Cc1c(NC(=O)[C@H]2CC(c3ccccc3F)=NO2)c(=O)n(-c2ccccc2)n1C. The highest BCUT2D eigenvalue weighted by Crippen LogP contribution is 2.21. The molecule has 2 aromatic carbocycles. The summed E-state index contributed by atoms with van der Waals surface area (Å²) in [5, 5.41) is 6.51. The van der Waals surface area contributed by atoms with Gasteiger partial charge in [0, 0.05) is 19.0 Å². The highest BCUT2D eigenvalue weighted by Gasteiger charge is 2.31. The number of aromatic nitrogens is 2. The van der Waals surface area contributed by atoms with Crippen molar-refractivity contribution in [3.05, 3.63) is 82.0 Å². The summed E-state index contributed by atoms with van der Waals surface area (Å²) < 4.78 is 17.1. The van der Waals surface area contributed by atoms with Gasteiger partial charge >= 0.3 is 0 Å². The van der Waals surface area contributed by atoms with Crippen molar-refractivity contribution >= 4 is 17.3 Å². The second kappa shape index (κ2) is 7.38. The minimum atomic E-state index is -0.936. The molecule has 0 aliphatic carbocycles. The van der Waals surface area contributed by atoms with E-state index in [2.05, 4.69) is 10.5 Å². The number of oxime groups is 1. The monoisotopic (exact) mass is 394 g/mol.